The van der Waals surface area contributed by atoms with Crippen LogP contribution in [0.15, 0.2) is 63.5 Å². The van der Waals surface area contributed by atoms with Crippen molar-refractivity contribution in [2.24, 2.45) is 0 Å². The molecule has 0 fully saturated rings. The molecule has 168 valence electrons. The summed E-state index contributed by atoms with van der Waals surface area (Å²) < 4.78 is 11.9. The summed E-state index contributed by atoms with van der Waals surface area (Å²) in [7, 11) is 0. The van der Waals surface area contributed by atoms with Gasteiger partial charge in [0.15, 0.2) is 5.76 Å². The molecule has 32 heavy (non-hydrogen) atoms. The fourth-order valence-electron chi connectivity index (χ4n) is 2.81. The van der Waals surface area contributed by atoms with Crippen LogP contribution in [-0.2, 0) is 6.61 Å². The van der Waals surface area contributed by atoms with E-state index in [-0.39, 0.29) is 18.1 Å². The Balaban J connectivity index is 1.61. The Morgan fingerprint density at radius 2 is 1.94 bits per heavy atom. The summed E-state index contributed by atoms with van der Waals surface area (Å²) in [5.74, 6) is 0.118. The molecule has 2 aromatic carbocycles. The van der Waals surface area contributed by atoms with Gasteiger partial charge in [0.05, 0.1) is 22.6 Å². The molecule has 2 atom stereocenters. The van der Waals surface area contributed by atoms with E-state index in [4.69, 9.17) is 20.8 Å². The van der Waals surface area contributed by atoms with Gasteiger partial charge >= 0.3 is 0 Å². The Morgan fingerprint density at radius 1 is 1.22 bits per heavy atom. The maximum Gasteiger partial charge on any atom is 0.287 e. The van der Waals surface area contributed by atoms with Crippen LogP contribution in [-0.4, -0.2) is 33.7 Å². The van der Waals surface area contributed by atoms with Crippen molar-refractivity contribution in [1.29, 1.82) is 0 Å². The molecule has 3 N–H and O–H groups in total. The minimum absolute atomic E-state index is 0.0312. The number of non-ortho nitro benzene ring substituents is 1. The third kappa shape index (κ3) is 5.86. The van der Waals surface area contributed by atoms with Gasteiger partial charge in [0, 0.05) is 16.6 Å². The number of hydrogen-bond acceptors (Lipinski definition) is 7. The van der Waals surface area contributed by atoms with Crippen LogP contribution < -0.4 is 10.1 Å². The highest BCUT2D eigenvalue weighted by molar-refractivity contribution is 9.10. The monoisotopic (exact) mass is 524 g/mol. The lowest BCUT2D eigenvalue weighted by Gasteiger charge is -2.22. The van der Waals surface area contributed by atoms with Crippen molar-refractivity contribution in [2.45, 2.75) is 18.8 Å². The van der Waals surface area contributed by atoms with Gasteiger partial charge in [-0.3, -0.25) is 14.9 Å². The van der Waals surface area contributed by atoms with E-state index in [0.717, 1.165) is 4.47 Å². The molecule has 1 amide bonds. The Labute approximate surface area is 195 Å². The van der Waals surface area contributed by atoms with Gasteiger partial charge in [-0.05, 0) is 48.0 Å². The first kappa shape index (κ1) is 23.7. The van der Waals surface area contributed by atoms with Gasteiger partial charge in [0.2, 0.25) is 0 Å². The third-order valence-corrected chi connectivity index (χ3v) is 5.28. The van der Waals surface area contributed by atoms with E-state index in [1.165, 1.54) is 30.3 Å². The van der Waals surface area contributed by atoms with Crippen LogP contribution in [0, 0.1) is 10.1 Å². The van der Waals surface area contributed by atoms with Gasteiger partial charge in [-0.2, -0.15) is 0 Å². The van der Waals surface area contributed by atoms with Crippen LogP contribution in [0.2, 0.25) is 5.02 Å². The van der Waals surface area contributed by atoms with E-state index in [1.807, 2.05) is 0 Å². The van der Waals surface area contributed by atoms with Crippen molar-refractivity contribution in [2.75, 3.05) is 6.61 Å². The number of benzene rings is 2. The number of carbonyl (C=O) groups is 1. The highest BCUT2D eigenvalue weighted by atomic mass is 79.9. The summed E-state index contributed by atoms with van der Waals surface area (Å²) >= 11 is 9.40. The lowest BCUT2D eigenvalue weighted by molar-refractivity contribution is -0.384. The van der Waals surface area contributed by atoms with E-state index in [2.05, 4.69) is 21.2 Å². The topological polar surface area (TPSA) is 135 Å². The first-order valence-electron chi connectivity index (χ1n) is 9.29. The Kier molecular flexibility index (Phi) is 7.86. The van der Waals surface area contributed by atoms with Crippen molar-refractivity contribution < 1.29 is 29.1 Å². The zero-order valence-electron chi connectivity index (χ0n) is 16.4. The number of nitrogens with one attached hydrogen (secondary N) is 1. The lowest BCUT2D eigenvalue weighted by Crippen LogP contribution is -2.41. The van der Waals surface area contributed by atoms with Crippen LogP contribution in [0.4, 0.5) is 5.69 Å². The molecular weight excluding hydrogens is 508 g/mol. The van der Waals surface area contributed by atoms with E-state index >= 15 is 0 Å². The molecule has 0 aliphatic carbocycles. The largest absolute Gasteiger partial charge is 0.484 e. The van der Waals surface area contributed by atoms with E-state index in [1.54, 1.807) is 24.3 Å². The van der Waals surface area contributed by atoms with Gasteiger partial charge in [-0.1, -0.05) is 27.5 Å². The molecule has 1 aromatic heterocycles. The number of nitro benzene ring substituents is 1. The Bertz CT molecular complexity index is 1100. The van der Waals surface area contributed by atoms with Crippen LogP contribution >= 0.6 is 27.5 Å². The zero-order chi connectivity index (χ0) is 23.3. The van der Waals surface area contributed by atoms with Crippen LogP contribution in [0.1, 0.15) is 28.0 Å². The van der Waals surface area contributed by atoms with Crippen molar-refractivity contribution in [3.63, 3.8) is 0 Å². The number of aliphatic hydroxyl groups is 2. The predicted octanol–water partition coefficient (Wildman–Crippen LogP) is 4.01. The predicted molar refractivity (Wildman–Crippen MR) is 119 cm³/mol. The fourth-order valence-corrected chi connectivity index (χ4v) is 3.54. The number of ether oxygens (including phenoxy) is 1. The summed E-state index contributed by atoms with van der Waals surface area (Å²) in [5.41, 5.74) is 0.162. The summed E-state index contributed by atoms with van der Waals surface area (Å²) in [6.07, 6.45) is -1.29. The third-order valence-electron chi connectivity index (χ3n) is 4.49. The summed E-state index contributed by atoms with van der Waals surface area (Å²) in [6, 6.07) is 12.2. The number of rotatable bonds is 9. The van der Waals surface area contributed by atoms with Crippen molar-refractivity contribution in [3.05, 3.63) is 91.3 Å². The van der Waals surface area contributed by atoms with Gasteiger partial charge in [-0.25, -0.2) is 0 Å². The van der Waals surface area contributed by atoms with Gasteiger partial charge in [-0.15, -0.1) is 0 Å². The van der Waals surface area contributed by atoms with E-state index in [9.17, 15) is 25.1 Å². The second kappa shape index (κ2) is 10.6. The molecule has 3 aromatic rings. The quantitative estimate of drug-likeness (QED) is 0.284. The average molecular weight is 526 g/mol. The molecule has 0 radical (unpaired) electrons. The second-order valence-corrected chi connectivity index (χ2v) is 8.01. The van der Waals surface area contributed by atoms with Crippen LogP contribution in [0.3, 0.4) is 0 Å². The van der Waals surface area contributed by atoms with Crippen LogP contribution in [0.5, 0.6) is 5.75 Å². The van der Waals surface area contributed by atoms with Crippen molar-refractivity contribution in [3.8, 4) is 5.75 Å². The molecule has 1 heterocycles. The number of carbonyl (C=O) groups excluding carboxylic acids is 1. The van der Waals surface area contributed by atoms with E-state index in [0.29, 0.717) is 22.1 Å². The zero-order valence-corrected chi connectivity index (χ0v) is 18.7. The number of hydrogen-bond donors (Lipinski definition) is 3. The average Bonchev–Trinajstić information content (AvgIpc) is 3.25. The van der Waals surface area contributed by atoms with Gasteiger partial charge < -0.3 is 24.7 Å². The number of aliphatic hydroxyl groups excluding tert-OH is 2. The maximum atomic E-state index is 12.5. The molecule has 11 heteroatoms. The summed E-state index contributed by atoms with van der Waals surface area (Å²) in [4.78, 5) is 22.7. The number of furan rings is 1. The van der Waals surface area contributed by atoms with Crippen molar-refractivity contribution in [1.82, 2.24) is 5.32 Å². The summed E-state index contributed by atoms with van der Waals surface area (Å²) in [5, 5.41) is 33.7. The number of halogens is 2. The number of nitrogens with zero attached hydrogens (tertiary/aromatic N) is 1. The minimum atomic E-state index is -1.29. The standard InChI is InChI=1S/C21H18BrClN2O7/c22-13-3-7-18(16(23)9-13)31-11-15-6-8-19(32-15)21(28)24-17(10-26)20(27)12-1-4-14(5-2-12)25(29)30/h1-9,17,20,26-27H,10-11H2,(H,24,28). The molecule has 2 unspecified atom stereocenters. The molecule has 9 nitrogen and oxygen atoms in total. The molecule has 0 saturated carbocycles. The first-order chi connectivity index (χ1) is 15.3. The maximum absolute atomic E-state index is 12.5. The molecule has 0 saturated heterocycles. The summed E-state index contributed by atoms with van der Waals surface area (Å²) in [6.45, 7) is -0.536. The smallest absolute Gasteiger partial charge is 0.287 e. The molecule has 0 aliphatic rings. The SMILES string of the molecule is O=C(NC(CO)C(O)c1ccc([N+](=O)[O-])cc1)c1ccc(COc2ccc(Br)cc2Cl)o1. The molecule has 0 bridgehead atoms. The number of nitro groups is 1. The molecule has 0 spiro atoms. The molecular formula is C21H18BrClN2O7. The second-order valence-electron chi connectivity index (χ2n) is 6.69. The van der Waals surface area contributed by atoms with Crippen LogP contribution in [0.25, 0.3) is 0 Å². The molecule has 0 aliphatic heterocycles. The normalized spacial score (nSPS) is 12.8. The Hall–Kier alpha value is -2.92. The minimum Gasteiger partial charge on any atom is -0.484 e. The van der Waals surface area contributed by atoms with Gasteiger partial charge in [0.1, 0.15) is 24.2 Å². The molecule has 3 rings (SSSR count). The highest BCUT2D eigenvalue weighted by Crippen LogP contribution is 2.28. The van der Waals surface area contributed by atoms with Crippen molar-refractivity contribution >= 4 is 39.1 Å². The Morgan fingerprint density at radius 3 is 2.56 bits per heavy atom. The lowest BCUT2D eigenvalue weighted by atomic mass is 10.0. The fraction of sp³-hybridized carbons (Fsp3) is 0.190. The van der Waals surface area contributed by atoms with E-state index < -0.39 is 29.6 Å². The first-order valence-corrected chi connectivity index (χ1v) is 10.5. The number of amides is 1. The highest BCUT2D eigenvalue weighted by Gasteiger charge is 2.24. The van der Waals surface area contributed by atoms with Gasteiger partial charge in [0.25, 0.3) is 11.6 Å².